The van der Waals surface area contributed by atoms with Crippen molar-refractivity contribution >= 4 is 49.4 Å². The monoisotopic (exact) mass is 1000 g/mol. The number of hydrogen-bond acceptors (Lipinski definition) is 9. The third kappa shape index (κ3) is 12.6. The van der Waals surface area contributed by atoms with Crippen molar-refractivity contribution in [2.75, 3.05) is 26.8 Å². The van der Waals surface area contributed by atoms with Crippen LogP contribution in [-0.2, 0) is 48.0 Å². The van der Waals surface area contributed by atoms with E-state index in [2.05, 4.69) is 68.5 Å². The average molecular weight is 1000 g/mol. The molecule has 7 N–H and O–H groups in total. The van der Waals surface area contributed by atoms with Gasteiger partial charge in [0, 0.05) is 30.7 Å². The number of fused-ring (bicyclic) bond motifs is 2. The molecule has 388 valence electrons. The first kappa shape index (κ1) is 53.9. The first-order valence-corrected chi connectivity index (χ1v) is 29.3. The van der Waals surface area contributed by atoms with Crippen LogP contribution in [0.1, 0.15) is 117 Å². The van der Waals surface area contributed by atoms with Gasteiger partial charge in [-0.25, -0.2) is 0 Å². The third-order valence-corrected chi connectivity index (χ3v) is 17.9. The van der Waals surface area contributed by atoms with Crippen molar-refractivity contribution < 1.29 is 33.6 Å². The van der Waals surface area contributed by atoms with Crippen LogP contribution in [0.25, 0.3) is 0 Å². The van der Waals surface area contributed by atoms with Crippen LogP contribution in [0.3, 0.4) is 0 Å². The maximum Gasteiger partial charge on any atom is 0.251 e. The second-order valence-electron chi connectivity index (χ2n) is 22.4. The van der Waals surface area contributed by atoms with Crippen molar-refractivity contribution in [3.63, 3.8) is 0 Å². The zero-order valence-corrected chi connectivity index (χ0v) is 44.7. The van der Waals surface area contributed by atoms with Crippen LogP contribution in [0.5, 0.6) is 0 Å². The molecule has 2 aliphatic heterocycles. The molecule has 0 unspecified atom stereocenters. The molecule has 0 bridgehead atoms. The minimum Gasteiger partial charge on any atom is -0.348 e. The van der Waals surface area contributed by atoms with Gasteiger partial charge in [0.2, 0.25) is 35.4 Å². The molecular formula is C55H77N9O7Si. The molecule has 2 fully saturated rings. The molecule has 17 heteroatoms. The zero-order chi connectivity index (χ0) is 52.1. The molecule has 16 nitrogen and oxygen atoms in total. The lowest BCUT2D eigenvalue weighted by Crippen LogP contribution is -2.59. The minimum absolute atomic E-state index is 0.0453. The Morgan fingerprint density at radius 2 is 1.19 bits per heavy atom. The standard InChI is InChI=1S/C55H77N9O7Si/c1-33(56-6)48(65)61-44(53(70)64-32-72(8,9)31-46(64)52(69)60-43-23-15-19-37-17-11-13-21-41(37)43)28-35-24-26-38(27-25-35)50(67)58-39-29-45(51(68)59-42-22-14-18-36-16-10-12-20-40(36)42)63(30-39)54(71)47(55(3,4)5)62-49(66)34(2)57-7/h10-13,16-17,20-21,24-27,33-34,39,42-47,56-57H,14-15,18-19,22-23,28-32H2,1-9H3,(H,58,67)(H,59,68)(H,60,69)(H,61,65)(H,62,66)/t33-,34-,39-,42+,43+,44-,45-,46-,47+/m0/s1. The quantitative estimate of drug-likeness (QED) is 0.103. The van der Waals surface area contributed by atoms with Gasteiger partial charge in [-0.05, 0) is 124 Å². The summed E-state index contributed by atoms with van der Waals surface area (Å²) in [5, 5.41) is 21.4. The highest BCUT2D eigenvalue weighted by molar-refractivity contribution is 6.79. The van der Waals surface area contributed by atoms with Crippen LogP contribution in [0, 0.1) is 5.41 Å². The number of likely N-dealkylation sites (N-methyl/N-ethyl adjacent to an activating group) is 2. The molecule has 2 aliphatic carbocycles. The Morgan fingerprint density at radius 3 is 1.74 bits per heavy atom. The number of nitrogens with one attached hydrogen (secondary N) is 7. The van der Waals surface area contributed by atoms with Gasteiger partial charge in [-0.15, -0.1) is 0 Å². The lowest BCUT2D eigenvalue weighted by atomic mass is 9.85. The van der Waals surface area contributed by atoms with Crippen molar-refractivity contribution in [2.45, 2.75) is 159 Å². The van der Waals surface area contributed by atoms with Crippen LogP contribution in [0.2, 0.25) is 19.1 Å². The van der Waals surface area contributed by atoms with Crippen LogP contribution in [0.15, 0.2) is 72.8 Å². The van der Waals surface area contributed by atoms with Gasteiger partial charge >= 0.3 is 0 Å². The van der Waals surface area contributed by atoms with E-state index >= 15 is 0 Å². The molecule has 3 aromatic rings. The Hall–Kier alpha value is -5.91. The molecule has 0 saturated carbocycles. The van der Waals surface area contributed by atoms with Crippen LogP contribution < -0.4 is 37.2 Å². The van der Waals surface area contributed by atoms with Gasteiger partial charge in [0.05, 0.1) is 32.2 Å². The SMILES string of the molecule is CN[C@@H](C)C(=O)N[C@@H](Cc1ccc(C(=O)N[C@H]2C[C@@H](C(=O)N[C@@H]3CCCc4ccccc43)N(C(=O)[C@@H](NC(=O)[C@H](C)NC)C(C)(C)C)C2)cc1)C(=O)N1C[Si](C)(C)C[C@H]1C(=O)N[C@@H]1CCCc2ccccc21. The predicted molar refractivity (Wildman–Crippen MR) is 280 cm³/mol. The molecule has 2 saturated heterocycles. The highest BCUT2D eigenvalue weighted by Gasteiger charge is 2.48. The van der Waals surface area contributed by atoms with E-state index in [9.17, 15) is 33.6 Å². The Kier molecular flexibility index (Phi) is 17.1. The summed E-state index contributed by atoms with van der Waals surface area (Å²) in [7, 11) is 1.31. The Morgan fingerprint density at radius 1 is 0.667 bits per heavy atom. The average Bonchev–Trinajstić information content (AvgIpc) is 3.94. The molecule has 2 heterocycles. The fourth-order valence-electron chi connectivity index (χ4n) is 10.8. The largest absolute Gasteiger partial charge is 0.348 e. The molecule has 4 aliphatic rings. The normalized spacial score (nSPS) is 23.0. The molecule has 3 aromatic carbocycles. The first-order chi connectivity index (χ1) is 34.2. The van der Waals surface area contributed by atoms with Gasteiger partial charge < -0.3 is 47.0 Å². The molecule has 7 amide bonds. The third-order valence-electron chi connectivity index (χ3n) is 15.2. The fourth-order valence-corrected chi connectivity index (χ4v) is 13.7. The van der Waals surface area contributed by atoms with Crippen molar-refractivity contribution in [1.82, 2.24) is 47.0 Å². The van der Waals surface area contributed by atoms with E-state index in [1.54, 1.807) is 57.1 Å². The van der Waals surface area contributed by atoms with Crippen LogP contribution in [0.4, 0.5) is 0 Å². The Bertz CT molecular complexity index is 2490. The van der Waals surface area contributed by atoms with E-state index in [0.717, 1.165) is 49.7 Å². The van der Waals surface area contributed by atoms with E-state index in [1.165, 1.54) is 16.0 Å². The van der Waals surface area contributed by atoms with Gasteiger partial charge in [-0.1, -0.05) is 94.5 Å². The number of carbonyl (C=O) groups excluding carboxylic acids is 7. The van der Waals surface area contributed by atoms with Gasteiger partial charge in [0.1, 0.15) is 24.2 Å². The Balaban J connectivity index is 1.07. The van der Waals surface area contributed by atoms with E-state index in [1.807, 2.05) is 51.1 Å². The van der Waals surface area contributed by atoms with Gasteiger partial charge in [-0.3, -0.25) is 33.6 Å². The summed E-state index contributed by atoms with van der Waals surface area (Å²) < 4.78 is 0. The summed E-state index contributed by atoms with van der Waals surface area (Å²) >= 11 is 0. The highest BCUT2D eigenvalue weighted by Crippen LogP contribution is 2.34. The number of rotatable bonds is 16. The van der Waals surface area contributed by atoms with Crippen molar-refractivity contribution in [3.8, 4) is 0 Å². The molecule has 7 rings (SSSR count). The molecule has 9 atom stereocenters. The highest BCUT2D eigenvalue weighted by atomic mass is 28.3. The summed E-state index contributed by atoms with van der Waals surface area (Å²) in [5.74, 6) is -2.35. The molecular weight excluding hydrogens is 927 g/mol. The van der Waals surface area contributed by atoms with Crippen LogP contribution in [-0.4, -0.2) is 128 Å². The number of carbonyl (C=O) groups is 7. The van der Waals surface area contributed by atoms with E-state index in [0.29, 0.717) is 23.3 Å². The smallest absolute Gasteiger partial charge is 0.251 e. The number of nitrogens with zero attached hydrogens (tertiary/aromatic N) is 2. The second kappa shape index (κ2) is 22.9. The van der Waals surface area contributed by atoms with E-state index in [-0.39, 0.29) is 61.0 Å². The summed E-state index contributed by atoms with van der Waals surface area (Å²) in [6, 6.07) is 18.0. The van der Waals surface area contributed by atoms with E-state index in [4.69, 9.17) is 0 Å². The zero-order valence-electron chi connectivity index (χ0n) is 43.7. The van der Waals surface area contributed by atoms with Crippen molar-refractivity contribution in [1.29, 1.82) is 0 Å². The number of likely N-dealkylation sites (tertiary alicyclic amines) is 1. The van der Waals surface area contributed by atoms with E-state index < -0.39 is 67.6 Å². The molecule has 0 spiro atoms. The summed E-state index contributed by atoms with van der Waals surface area (Å²) in [4.78, 5) is 102. The lowest BCUT2D eigenvalue weighted by molar-refractivity contribution is -0.144. The summed E-state index contributed by atoms with van der Waals surface area (Å²) in [5.41, 5.74) is 4.90. The van der Waals surface area contributed by atoms with Crippen LogP contribution >= 0.6 is 0 Å². The van der Waals surface area contributed by atoms with Crippen molar-refractivity contribution in [2.24, 2.45) is 5.41 Å². The number of benzene rings is 3. The van der Waals surface area contributed by atoms with Crippen molar-refractivity contribution in [3.05, 3.63) is 106 Å². The van der Waals surface area contributed by atoms with Gasteiger partial charge in [0.15, 0.2) is 0 Å². The molecule has 0 radical (unpaired) electrons. The number of amides is 7. The number of hydrogen-bond donors (Lipinski definition) is 7. The molecule has 72 heavy (non-hydrogen) atoms. The first-order valence-electron chi connectivity index (χ1n) is 25.9. The lowest BCUT2D eigenvalue weighted by Gasteiger charge is -2.36. The Labute approximate surface area is 426 Å². The fraction of sp³-hybridized carbons (Fsp3) is 0.545. The maximum atomic E-state index is 14.8. The summed E-state index contributed by atoms with van der Waals surface area (Å²) in [6.07, 6.45) is 6.07. The number of aryl methyl sites for hydroxylation is 2. The van der Waals surface area contributed by atoms with Gasteiger partial charge in [0.25, 0.3) is 5.91 Å². The maximum absolute atomic E-state index is 14.8. The predicted octanol–water partition coefficient (Wildman–Crippen LogP) is 4.01. The second-order valence-corrected chi connectivity index (χ2v) is 27.4. The summed E-state index contributed by atoms with van der Waals surface area (Å²) in [6.45, 7) is 13.4. The topological polar surface area (TPSA) is 210 Å². The molecule has 0 aromatic heterocycles. The minimum atomic E-state index is -2.03. The van der Waals surface area contributed by atoms with Gasteiger partial charge in [-0.2, -0.15) is 0 Å².